The first kappa shape index (κ1) is 13.8. The van der Waals surface area contributed by atoms with Crippen LogP contribution >= 0.6 is 0 Å². The molecule has 0 saturated heterocycles. The van der Waals surface area contributed by atoms with Gasteiger partial charge < -0.3 is 9.47 Å². The van der Waals surface area contributed by atoms with Gasteiger partial charge in [0.2, 0.25) is 0 Å². The molecule has 0 amide bonds. The summed E-state index contributed by atoms with van der Waals surface area (Å²) < 4.78 is 10.2. The van der Waals surface area contributed by atoms with Crippen molar-refractivity contribution in [3.63, 3.8) is 0 Å². The van der Waals surface area contributed by atoms with Crippen LogP contribution in [0.25, 0.3) is 0 Å². The minimum Gasteiger partial charge on any atom is -0.477 e. The molecule has 0 fully saturated rings. The maximum Gasteiger partial charge on any atom is 0.278 e. The Balaban J connectivity index is 2.05. The lowest BCUT2D eigenvalue weighted by molar-refractivity contribution is 0.330. The summed E-state index contributed by atoms with van der Waals surface area (Å²) in [5.74, 6) is 0.777. The molecule has 20 heavy (non-hydrogen) atoms. The summed E-state index contributed by atoms with van der Waals surface area (Å²) in [7, 11) is 3.07. The summed E-state index contributed by atoms with van der Waals surface area (Å²) in [5, 5.41) is 8.75. The lowest BCUT2D eigenvalue weighted by Crippen LogP contribution is -2.01. The first-order valence-corrected chi connectivity index (χ1v) is 6.19. The molecule has 102 valence electrons. The van der Waals surface area contributed by atoms with E-state index >= 15 is 0 Å². The van der Waals surface area contributed by atoms with E-state index in [0.29, 0.717) is 17.3 Å². The van der Waals surface area contributed by atoms with Crippen LogP contribution in [0.5, 0.6) is 11.8 Å². The van der Waals surface area contributed by atoms with E-state index in [4.69, 9.17) is 14.7 Å². The van der Waals surface area contributed by atoms with Crippen LogP contribution in [-0.2, 0) is 12.8 Å². The van der Waals surface area contributed by atoms with Crippen molar-refractivity contribution in [1.82, 2.24) is 9.97 Å². The molecule has 0 aliphatic carbocycles. The monoisotopic (exact) mass is 269 g/mol. The van der Waals surface area contributed by atoms with E-state index in [1.807, 2.05) is 24.3 Å². The number of rotatable bonds is 5. The highest BCUT2D eigenvalue weighted by atomic mass is 16.5. The van der Waals surface area contributed by atoms with Gasteiger partial charge >= 0.3 is 0 Å². The molecule has 0 unspecified atom stereocenters. The fourth-order valence-corrected chi connectivity index (χ4v) is 1.81. The number of ether oxygens (including phenoxy) is 2. The molecule has 2 rings (SSSR count). The summed E-state index contributed by atoms with van der Waals surface area (Å²) in [4.78, 5) is 8.50. The number of methoxy groups -OCH3 is 2. The summed E-state index contributed by atoms with van der Waals surface area (Å²) in [5.41, 5.74) is 2.66. The largest absolute Gasteiger partial charge is 0.477 e. The van der Waals surface area contributed by atoms with Crippen LogP contribution in [0, 0.1) is 11.3 Å². The molecular formula is C15H15N3O2. The third-order valence-electron chi connectivity index (χ3n) is 2.90. The van der Waals surface area contributed by atoms with Crippen LogP contribution in [0.2, 0.25) is 0 Å². The quantitative estimate of drug-likeness (QED) is 0.832. The average Bonchev–Trinajstić information content (AvgIpc) is 2.53. The van der Waals surface area contributed by atoms with E-state index in [1.165, 1.54) is 14.2 Å². The van der Waals surface area contributed by atoms with Crippen molar-refractivity contribution in [3.05, 3.63) is 47.3 Å². The van der Waals surface area contributed by atoms with E-state index in [9.17, 15) is 0 Å². The lowest BCUT2D eigenvalue weighted by atomic mass is 10.1. The van der Waals surface area contributed by atoms with Crippen molar-refractivity contribution in [2.24, 2.45) is 0 Å². The Labute approximate surface area is 117 Å². The van der Waals surface area contributed by atoms with Crippen LogP contribution in [0.1, 0.15) is 16.8 Å². The Hall–Kier alpha value is -2.61. The highest BCUT2D eigenvalue weighted by Crippen LogP contribution is 2.21. The van der Waals surface area contributed by atoms with Gasteiger partial charge in [0.05, 0.1) is 37.7 Å². The van der Waals surface area contributed by atoms with Crippen molar-refractivity contribution < 1.29 is 9.47 Å². The average molecular weight is 269 g/mol. The molecule has 5 nitrogen and oxygen atoms in total. The number of aryl methyl sites for hydroxylation is 2. The van der Waals surface area contributed by atoms with Crippen molar-refractivity contribution >= 4 is 0 Å². The van der Waals surface area contributed by atoms with Gasteiger partial charge in [-0.3, -0.25) is 0 Å². The topological polar surface area (TPSA) is 68.0 Å². The molecule has 1 aromatic heterocycles. The maximum absolute atomic E-state index is 8.75. The zero-order chi connectivity index (χ0) is 14.4. The molecule has 0 radical (unpaired) electrons. The van der Waals surface area contributed by atoms with Crippen LogP contribution in [-0.4, -0.2) is 24.2 Å². The lowest BCUT2D eigenvalue weighted by Gasteiger charge is -2.07. The van der Waals surface area contributed by atoms with Crippen molar-refractivity contribution in [2.45, 2.75) is 12.8 Å². The first-order chi connectivity index (χ1) is 9.76. The molecule has 0 aliphatic heterocycles. The van der Waals surface area contributed by atoms with Gasteiger partial charge in [-0.05, 0) is 30.5 Å². The highest BCUT2D eigenvalue weighted by Gasteiger charge is 2.08. The van der Waals surface area contributed by atoms with Gasteiger partial charge in [0.25, 0.3) is 11.8 Å². The van der Waals surface area contributed by atoms with E-state index in [2.05, 4.69) is 16.0 Å². The normalized spacial score (nSPS) is 9.85. The molecule has 0 bridgehead atoms. The Morgan fingerprint density at radius 2 is 1.75 bits per heavy atom. The minimum absolute atomic E-state index is 0.384. The summed E-state index contributed by atoms with van der Waals surface area (Å²) in [6, 6.07) is 9.64. The van der Waals surface area contributed by atoms with Gasteiger partial charge in [0, 0.05) is 0 Å². The Kier molecular flexibility index (Phi) is 4.51. The number of nitrogens with zero attached hydrogens (tertiary/aromatic N) is 3. The van der Waals surface area contributed by atoms with Crippen LogP contribution in [0.3, 0.4) is 0 Å². The van der Waals surface area contributed by atoms with Gasteiger partial charge in [-0.15, -0.1) is 0 Å². The van der Waals surface area contributed by atoms with Gasteiger partial charge in [-0.2, -0.15) is 5.26 Å². The molecule has 5 heteroatoms. The Bertz CT molecular complexity index is 618. The predicted octanol–water partition coefficient (Wildman–Crippen LogP) is 2.15. The SMILES string of the molecule is COc1ncc(CCc2ccc(C#N)cc2)nc1OC. The standard InChI is InChI=1S/C15H15N3O2/c1-19-14-15(20-2)18-13(10-17-14)8-7-11-3-5-12(9-16)6-4-11/h3-6,10H,7-8H2,1-2H3. The number of nitriles is 1. The molecule has 0 atom stereocenters. The van der Waals surface area contributed by atoms with E-state index in [0.717, 1.165) is 24.1 Å². The molecule has 1 heterocycles. The second-order valence-electron chi connectivity index (χ2n) is 4.19. The van der Waals surface area contributed by atoms with Gasteiger partial charge in [-0.25, -0.2) is 9.97 Å². The van der Waals surface area contributed by atoms with E-state index in [1.54, 1.807) is 6.20 Å². The van der Waals surface area contributed by atoms with Crippen molar-refractivity contribution in [3.8, 4) is 17.8 Å². The number of hydrogen-bond donors (Lipinski definition) is 0. The van der Waals surface area contributed by atoms with Crippen LogP contribution < -0.4 is 9.47 Å². The second kappa shape index (κ2) is 6.53. The molecule has 0 spiro atoms. The molecular weight excluding hydrogens is 254 g/mol. The Morgan fingerprint density at radius 3 is 2.35 bits per heavy atom. The third kappa shape index (κ3) is 3.23. The zero-order valence-electron chi connectivity index (χ0n) is 11.5. The van der Waals surface area contributed by atoms with Gasteiger partial charge in [-0.1, -0.05) is 12.1 Å². The summed E-state index contributed by atoms with van der Waals surface area (Å²) >= 11 is 0. The summed E-state index contributed by atoms with van der Waals surface area (Å²) in [6.45, 7) is 0. The number of aromatic nitrogens is 2. The fraction of sp³-hybridized carbons (Fsp3) is 0.267. The molecule has 2 aromatic rings. The van der Waals surface area contributed by atoms with Crippen molar-refractivity contribution in [2.75, 3.05) is 14.2 Å². The van der Waals surface area contributed by atoms with E-state index in [-0.39, 0.29) is 0 Å². The Morgan fingerprint density at radius 1 is 1.05 bits per heavy atom. The van der Waals surface area contributed by atoms with E-state index < -0.39 is 0 Å². The minimum atomic E-state index is 0.384. The van der Waals surface area contributed by atoms with Crippen LogP contribution in [0.4, 0.5) is 0 Å². The van der Waals surface area contributed by atoms with Gasteiger partial charge in [0.1, 0.15) is 0 Å². The fourth-order valence-electron chi connectivity index (χ4n) is 1.81. The number of hydrogen-bond acceptors (Lipinski definition) is 5. The smallest absolute Gasteiger partial charge is 0.278 e. The highest BCUT2D eigenvalue weighted by molar-refractivity contribution is 5.32. The van der Waals surface area contributed by atoms with Gasteiger partial charge in [0.15, 0.2) is 0 Å². The molecule has 0 saturated carbocycles. The predicted molar refractivity (Wildman–Crippen MR) is 73.7 cm³/mol. The molecule has 1 aromatic carbocycles. The third-order valence-corrected chi connectivity index (χ3v) is 2.90. The molecule has 0 N–H and O–H groups in total. The molecule has 0 aliphatic rings. The first-order valence-electron chi connectivity index (χ1n) is 6.19. The van der Waals surface area contributed by atoms with Crippen LogP contribution in [0.15, 0.2) is 30.5 Å². The number of benzene rings is 1. The second-order valence-corrected chi connectivity index (χ2v) is 4.19. The maximum atomic E-state index is 8.75. The van der Waals surface area contributed by atoms with Crippen molar-refractivity contribution in [1.29, 1.82) is 5.26 Å². The summed E-state index contributed by atoms with van der Waals surface area (Å²) in [6.07, 6.45) is 3.26. The zero-order valence-corrected chi connectivity index (χ0v) is 11.5.